The Labute approximate surface area is 202 Å². The van der Waals surface area contributed by atoms with Gasteiger partial charge >= 0.3 is 0 Å². The summed E-state index contributed by atoms with van der Waals surface area (Å²) in [4.78, 5) is 31.7. The molecule has 7 heteroatoms. The third-order valence-electron chi connectivity index (χ3n) is 6.78. The molecule has 0 saturated carbocycles. The van der Waals surface area contributed by atoms with Crippen molar-refractivity contribution in [2.45, 2.75) is 25.8 Å². The molecule has 1 atom stereocenters. The maximum Gasteiger partial charge on any atom is 0.260 e. The molecule has 182 valence electrons. The van der Waals surface area contributed by atoms with E-state index in [2.05, 4.69) is 23.1 Å². The van der Waals surface area contributed by atoms with Crippen LogP contribution in [-0.2, 0) is 20.7 Å². The van der Waals surface area contributed by atoms with Crippen LogP contribution >= 0.6 is 0 Å². The SMILES string of the molecule is CCC(=O)N1CCc2ccc(OCC(=O)N3CCN(CCOC)CC3)cc2C1c1ccccc1. The first-order valence-corrected chi connectivity index (χ1v) is 12.2. The van der Waals surface area contributed by atoms with Crippen molar-refractivity contribution in [3.8, 4) is 5.75 Å². The summed E-state index contributed by atoms with van der Waals surface area (Å²) in [6.45, 7) is 7.36. The summed E-state index contributed by atoms with van der Waals surface area (Å²) in [6.07, 6.45) is 1.29. The Morgan fingerprint density at radius 2 is 1.74 bits per heavy atom. The zero-order valence-electron chi connectivity index (χ0n) is 20.2. The molecule has 7 nitrogen and oxygen atoms in total. The monoisotopic (exact) mass is 465 g/mol. The van der Waals surface area contributed by atoms with E-state index in [1.807, 2.05) is 47.1 Å². The highest BCUT2D eigenvalue weighted by atomic mass is 16.5. The van der Waals surface area contributed by atoms with Gasteiger partial charge < -0.3 is 19.3 Å². The lowest BCUT2D eigenvalue weighted by Crippen LogP contribution is -2.50. The van der Waals surface area contributed by atoms with Gasteiger partial charge in [0.25, 0.3) is 5.91 Å². The molecule has 1 fully saturated rings. The molecule has 2 aliphatic heterocycles. The average Bonchev–Trinajstić information content (AvgIpc) is 2.90. The molecule has 2 aromatic carbocycles. The number of hydrogen-bond donors (Lipinski definition) is 0. The Kier molecular flexibility index (Phi) is 8.19. The third-order valence-corrected chi connectivity index (χ3v) is 6.78. The Balaban J connectivity index is 1.44. The minimum Gasteiger partial charge on any atom is -0.484 e. The first-order chi connectivity index (χ1) is 16.6. The second kappa shape index (κ2) is 11.5. The average molecular weight is 466 g/mol. The number of rotatable bonds is 8. The fraction of sp³-hybridized carbons (Fsp3) is 0.481. The predicted molar refractivity (Wildman–Crippen MR) is 131 cm³/mol. The van der Waals surface area contributed by atoms with E-state index in [-0.39, 0.29) is 24.5 Å². The van der Waals surface area contributed by atoms with Gasteiger partial charge in [0.2, 0.25) is 5.91 Å². The molecular weight excluding hydrogens is 430 g/mol. The number of carbonyl (C=O) groups is 2. The number of carbonyl (C=O) groups excluding carboxylic acids is 2. The van der Waals surface area contributed by atoms with Crippen LogP contribution in [0.4, 0.5) is 0 Å². The molecule has 0 N–H and O–H groups in total. The highest BCUT2D eigenvalue weighted by Gasteiger charge is 2.31. The Morgan fingerprint density at radius 3 is 2.44 bits per heavy atom. The van der Waals surface area contributed by atoms with Crippen LogP contribution in [-0.4, -0.2) is 86.1 Å². The molecule has 1 saturated heterocycles. The van der Waals surface area contributed by atoms with Crippen LogP contribution in [0.25, 0.3) is 0 Å². The molecule has 1 unspecified atom stereocenters. The van der Waals surface area contributed by atoms with E-state index in [9.17, 15) is 9.59 Å². The van der Waals surface area contributed by atoms with Crippen molar-refractivity contribution in [1.82, 2.24) is 14.7 Å². The second-order valence-corrected chi connectivity index (χ2v) is 8.87. The van der Waals surface area contributed by atoms with Gasteiger partial charge in [-0.1, -0.05) is 43.3 Å². The van der Waals surface area contributed by atoms with Crippen molar-refractivity contribution < 1.29 is 19.1 Å². The van der Waals surface area contributed by atoms with Crippen LogP contribution in [0.1, 0.15) is 36.1 Å². The van der Waals surface area contributed by atoms with Crippen molar-refractivity contribution in [2.75, 3.05) is 59.6 Å². The van der Waals surface area contributed by atoms with E-state index in [0.717, 1.165) is 37.2 Å². The number of methoxy groups -OCH3 is 1. The van der Waals surface area contributed by atoms with E-state index in [0.29, 0.717) is 38.4 Å². The smallest absolute Gasteiger partial charge is 0.260 e. The van der Waals surface area contributed by atoms with Gasteiger partial charge in [0.1, 0.15) is 5.75 Å². The number of ether oxygens (including phenoxy) is 2. The van der Waals surface area contributed by atoms with Gasteiger partial charge in [-0.3, -0.25) is 14.5 Å². The van der Waals surface area contributed by atoms with Crippen molar-refractivity contribution in [3.05, 3.63) is 65.2 Å². The minimum absolute atomic E-state index is 0.00603. The fourth-order valence-electron chi connectivity index (χ4n) is 4.83. The molecule has 34 heavy (non-hydrogen) atoms. The normalized spacial score (nSPS) is 18.5. The van der Waals surface area contributed by atoms with Crippen LogP contribution in [0, 0.1) is 0 Å². The summed E-state index contributed by atoms with van der Waals surface area (Å²) < 4.78 is 11.1. The van der Waals surface area contributed by atoms with Gasteiger partial charge in [0.15, 0.2) is 6.61 Å². The lowest BCUT2D eigenvalue weighted by molar-refractivity contribution is -0.135. The molecule has 0 aliphatic carbocycles. The van der Waals surface area contributed by atoms with Gasteiger partial charge in [-0.25, -0.2) is 0 Å². The van der Waals surface area contributed by atoms with Gasteiger partial charge in [-0.15, -0.1) is 0 Å². The van der Waals surface area contributed by atoms with E-state index in [1.54, 1.807) is 7.11 Å². The lowest BCUT2D eigenvalue weighted by atomic mass is 9.87. The van der Waals surface area contributed by atoms with Crippen LogP contribution in [0.3, 0.4) is 0 Å². The van der Waals surface area contributed by atoms with Crippen LogP contribution < -0.4 is 4.74 Å². The van der Waals surface area contributed by atoms with Gasteiger partial charge in [0.05, 0.1) is 12.6 Å². The lowest BCUT2D eigenvalue weighted by Gasteiger charge is -2.38. The summed E-state index contributed by atoms with van der Waals surface area (Å²) in [5.74, 6) is 0.815. The predicted octanol–water partition coefficient (Wildman–Crippen LogP) is 2.74. The quantitative estimate of drug-likeness (QED) is 0.600. The molecule has 0 radical (unpaired) electrons. The summed E-state index contributed by atoms with van der Waals surface area (Å²) in [7, 11) is 1.71. The molecule has 4 rings (SSSR count). The molecule has 0 bridgehead atoms. The van der Waals surface area contributed by atoms with Crippen molar-refractivity contribution in [3.63, 3.8) is 0 Å². The number of benzene rings is 2. The molecule has 2 heterocycles. The van der Waals surface area contributed by atoms with Gasteiger partial charge in [0, 0.05) is 52.8 Å². The number of hydrogen-bond acceptors (Lipinski definition) is 5. The molecule has 0 aromatic heterocycles. The zero-order valence-corrected chi connectivity index (χ0v) is 20.2. The topological polar surface area (TPSA) is 62.3 Å². The largest absolute Gasteiger partial charge is 0.484 e. The highest BCUT2D eigenvalue weighted by molar-refractivity contribution is 5.78. The van der Waals surface area contributed by atoms with Gasteiger partial charge in [-0.2, -0.15) is 0 Å². The van der Waals surface area contributed by atoms with E-state index >= 15 is 0 Å². The standard InChI is InChI=1S/C27H35N3O4/c1-3-25(31)30-12-11-21-9-10-23(19-24(21)27(30)22-7-5-4-6-8-22)34-20-26(32)29-15-13-28(14-16-29)17-18-33-2/h4-10,19,27H,3,11-18,20H2,1-2H3. The van der Waals surface area contributed by atoms with Crippen molar-refractivity contribution >= 4 is 11.8 Å². The Hall–Kier alpha value is -2.90. The van der Waals surface area contributed by atoms with Crippen LogP contribution in [0.5, 0.6) is 5.75 Å². The molecule has 2 amide bonds. The van der Waals surface area contributed by atoms with E-state index in [1.165, 1.54) is 5.56 Å². The van der Waals surface area contributed by atoms with Crippen molar-refractivity contribution in [2.24, 2.45) is 0 Å². The summed E-state index contributed by atoms with van der Waals surface area (Å²) in [5.41, 5.74) is 3.39. The third kappa shape index (κ3) is 5.59. The Bertz CT molecular complexity index is 973. The summed E-state index contributed by atoms with van der Waals surface area (Å²) in [5, 5.41) is 0. The number of fused-ring (bicyclic) bond motifs is 1. The second-order valence-electron chi connectivity index (χ2n) is 8.87. The van der Waals surface area contributed by atoms with E-state index in [4.69, 9.17) is 9.47 Å². The number of amides is 2. The molecular formula is C27H35N3O4. The fourth-order valence-corrected chi connectivity index (χ4v) is 4.83. The number of piperazine rings is 1. The van der Waals surface area contributed by atoms with Crippen LogP contribution in [0.2, 0.25) is 0 Å². The van der Waals surface area contributed by atoms with E-state index < -0.39 is 0 Å². The first-order valence-electron chi connectivity index (χ1n) is 12.2. The summed E-state index contributed by atoms with van der Waals surface area (Å²) in [6, 6.07) is 16.0. The van der Waals surface area contributed by atoms with Crippen molar-refractivity contribution in [1.29, 1.82) is 0 Å². The molecule has 2 aromatic rings. The first kappa shape index (κ1) is 24.2. The molecule has 0 spiro atoms. The minimum atomic E-state index is -0.142. The summed E-state index contributed by atoms with van der Waals surface area (Å²) >= 11 is 0. The molecule has 2 aliphatic rings. The maximum absolute atomic E-state index is 12.8. The maximum atomic E-state index is 12.8. The van der Waals surface area contributed by atoms with Crippen LogP contribution in [0.15, 0.2) is 48.5 Å². The zero-order chi connectivity index (χ0) is 23.9. The highest BCUT2D eigenvalue weighted by Crippen LogP contribution is 2.37. The number of nitrogens with zero attached hydrogens (tertiary/aromatic N) is 3. The Morgan fingerprint density at radius 1 is 0.971 bits per heavy atom. The van der Waals surface area contributed by atoms with Gasteiger partial charge in [-0.05, 0) is 35.2 Å².